The molecule has 0 saturated carbocycles. The summed E-state index contributed by atoms with van der Waals surface area (Å²) in [4.78, 5) is 11.0. The van der Waals surface area contributed by atoms with E-state index in [0.717, 1.165) is 53.4 Å². The Labute approximate surface area is 168 Å². The molecule has 0 fully saturated rings. The van der Waals surface area contributed by atoms with Gasteiger partial charge in [-0.2, -0.15) is 5.26 Å². The van der Waals surface area contributed by atoms with Gasteiger partial charge in [-0.3, -0.25) is 0 Å². The van der Waals surface area contributed by atoms with E-state index in [1.165, 1.54) is 10.5 Å². The van der Waals surface area contributed by atoms with Crippen LogP contribution in [0.5, 0.6) is 0 Å². The Morgan fingerprint density at radius 3 is 2.67 bits per heavy atom. The Balaban J connectivity index is 1.72. The van der Waals surface area contributed by atoms with Gasteiger partial charge in [0.25, 0.3) is 0 Å². The molecule has 0 bridgehead atoms. The average Bonchev–Trinajstić information content (AvgIpc) is 2.69. The first-order valence-electron chi connectivity index (χ1n) is 8.96. The first-order chi connectivity index (χ1) is 13.2. The number of benzene rings is 2. The zero-order valence-electron chi connectivity index (χ0n) is 14.8. The van der Waals surface area contributed by atoms with Gasteiger partial charge in [0.1, 0.15) is 0 Å². The normalized spacial score (nSPS) is 13.0. The molecule has 134 valence electrons. The first kappa shape index (κ1) is 18.0. The third-order valence-electron chi connectivity index (χ3n) is 4.57. The Bertz CT molecular complexity index is 1010. The zero-order valence-corrected chi connectivity index (χ0v) is 16.4. The number of aromatic nitrogens is 2. The molecule has 3 aromatic rings. The predicted octanol–water partition coefficient (Wildman–Crippen LogP) is 5.49. The van der Waals surface area contributed by atoms with E-state index in [9.17, 15) is 0 Å². The molecule has 1 aliphatic heterocycles. The zero-order chi connectivity index (χ0) is 18.6. The van der Waals surface area contributed by atoms with Gasteiger partial charge < -0.3 is 0 Å². The minimum atomic E-state index is 0.442. The molecule has 0 atom stereocenters. The molecule has 1 aliphatic rings. The lowest BCUT2D eigenvalue weighted by molar-refractivity contribution is 0.807. The first-order valence-corrected chi connectivity index (χ1v) is 10.3. The molecule has 0 spiro atoms. The second kappa shape index (κ2) is 8.12. The van der Waals surface area contributed by atoms with Crippen LogP contribution in [0.4, 0.5) is 0 Å². The SMILES string of the molecule is N#CCc1ccc(Cc2nc(-c3cccc(Cl)c3)nc3c2SCCC3)cc1. The molecule has 27 heavy (non-hydrogen) atoms. The minimum Gasteiger partial charge on any atom is -0.232 e. The van der Waals surface area contributed by atoms with Crippen LogP contribution in [0.25, 0.3) is 11.4 Å². The largest absolute Gasteiger partial charge is 0.232 e. The maximum Gasteiger partial charge on any atom is 0.159 e. The van der Waals surface area contributed by atoms with Gasteiger partial charge >= 0.3 is 0 Å². The summed E-state index contributed by atoms with van der Waals surface area (Å²) in [5.41, 5.74) is 5.41. The highest BCUT2D eigenvalue weighted by Gasteiger charge is 2.19. The maximum atomic E-state index is 8.84. The fourth-order valence-corrected chi connectivity index (χ4v) is 4.52. The predicted molar refractivity (Wildman–Crippen MR) is 110 cm³/mol. The number of nitrogens with zero attached hydrogens (tertiary/aromatic N) is 3. The molecule has 0 aliphatic carbocycles. The van der Waals surface area contributed by atoms with Crippen molar-refractivity contribution < 1.29 is 0 Å². The van der Waals surface area contributed by atoms with Gasteiger partial charge in [0.05, 0.1) is 28.8 Å². The molecule has 0 N–H and O–H groups in total. The van der Waals surface area contributed by atoms with Crippen molar-refractivity contribution in [3.63, 3.8) is 0 Å². The summed E-state index contributed by atoms with van der Waals surface area (Å²) >= 11 is 8.02. The van der Waals surface area contributed by atoms with Crippen molar-refractivity contribution in [3.05, 3.63) is 76.1 Å². The molecule has 5 heteroatoms. The molecule has 3 nitrogen and oxygen atoms in total. The van der Waals surface area contributed by atoms with E-state index >= 15 is 0 Å². The van der Waals surface area contributed by atoms with Crippen LogP contribution in [-0.4, -0.2) is 15.7 Å². The summed E-state index contributed by atoms with van der Waals surface area (Å²) in [6.07, 6.45) is 3.34. The van der Waals surface area contributed by atoms with Crippen LogP contribution >= 0.6 is 23.4 Å². The Hall–Kier alpha value is -2.35. The van der Waals surface area contributed by atoms with E-state index in [4.69, 9.17) is 26.8 Å². The second-order valence-corrected chi connectivity index (χ2v) is 8.10. The summed E-state index contributed by atoms with van der Waals surface area (Å²) in [7, 11) is 0. The van der Waals surface area contributed by atoms with E-state index in [0.29, 0.717) is 11.4 Å². The Kier molecular flexibility index (Phi) is 5.42. The highest BCUT2D eigenvalue weighted by atomic mass is 35.5. The lowest BCUT2D eigenvalue weighted by Crippen LogP contribution is -2.09. The van der Waals surface area contributed by atoms with Gasteiger partial charge in [0.2, 0.25) is 0 Å². The number of fused-ring (bicyclic) bond motifs is 1. The summed E-state index contributed by atoms with van der Waals surface area (Å²) in [5, 5.41) is 9.53. The van der Waals surface area contributed by atoms with Gasteiger partial charge in [0, 0.05) is 17.0 Å². The molecule has 2 aromatic carbocycles. The third-order valence-corrected chi connectivity index (χ3v) is 6.06. The van der Waals surface area contributed by atoms with Gasteiger partial charge in [-0.25, -0.2) is 9.97 Å². The van der Waals surface area contributed by atoms with Gasteiger partial charge in [-0.1, -0.05) is 48.0 Å². The smallest absolute Gasteiger partial charge is 0.159 e. The molecular weight excluding hydrogens is 374 g/mol. The molecule has 1 aromatic heterocycles. The van der Waals surface area contributed by atoms with Crippen LogP contribution in [-0.2, 0) is 19.3 Å². The second-order valence-electron chi connectivity index (χ2n) is 6.56. The molecule has 4 rings (SSSR count). The van der Waals surface area contributed by atoms with Crippen molar-refractivity contribution in [3.8, 4) is 17.5 Å². The summed E-state index contributed by atoms with van der Waals surface area (Å²) in [6, 6.07) is 18.1. The Morgan fingerprint density at radius 2 is 1.89 bits per heavy atom. The van der Waals surface area contributed by atoms with Crippen LogP contribution in [0.1, 0.15) is 28.9 Å². The van der Waals surface area contributed by atoms with Crippen LogP contribution < -0.4 is 0 Å². The topological polar surface area (TPSA) is 49.6 Å². The maximum absolute atomic E-state index is 8.84. The van der Waals surface area contributed by atoms with E-state index in [1.54, 1.807) is 0 Å². The molecular formula is C22H18ClN3S. The van der Waals surface area contributed by atoms with Crippen LogP contribution in [0.3, 0.4) is 0 Å². The van der Waals surface area contributed by atoms with Gasteiger partial charge in [0.15, 0.2) is 5.82 Å². The molecule has 0 unspecified atom stereocenters. The Morgan fingerprint density at radius 1 is 1.07 bits per heavy atom. The number of halogens is 1. The number of rotatable bonds is 4. The molecule has 2 heterocycles. The number of nitriles is 1. The highest BCUT2D eigenvalue weighted by Crippen LogP contribution is 2.34. The van der Waals surface area contributed by atoms with E-state index in [-0.39, 0.29) is 0 Å². The van der Waals surface area contributed by atoms with Crippen molar-refractivity contribution in [1.82, 2.24) is 9.97 Å². The molecule has 0 saturated heterocycles. The fourth-order valence-electron chi connectivity index (χ4n) is 3.23. The molecule has 0 radical (unpaired) electrons. The monoisotopic (exact) mass is 391 g/mol. The van der Waals surface area contributed by atoms with Crippen molar-refractivity contribution in [1.29, 1.82) is 5.26 Å². The highest BCUT2D eigenvalue weighted by molar-refractivity contribution is 7.99. The lowest BCUT2D eigenvalue weighted by atomic mass is 10.0. The van der Waals surface area contributed by atoms with Gasteiger partial charge in [-0.05, 0) is 41.9 Å². The third kappa shape index (κ3) is 4.16. The summed E-state index contributed by atoms with van der Waals surface area (Å²) in [6.45, 7) is 0. The van der Waals surface area contributed by atoms with E-state index in [2.05, 4.69) is 18.2 Å². The van der Waals surface area contributed by atoms with Crippen molar-refractivity contribution in [2.24, 2.45) is 0 Å². The minimum absolute atomic E-state index is 0.442. The number of hydrogen-bond acceptors (Lipinski definition) is 4. The van der Waals surface area contributed by atoms with Crippen molar-refractivity contribution in [2.75, 3.05) is 5.75 Å². The molecule has 0 amide bonds. The lowest BCUT2D eigenvalue weighted by Gasteiger charge is -2.19. The summed E-state index contributed by atoms with van der Waals surface area (Å²) in [5.74, 6) is 1.86. The van der Waals surface area contributed by atoms with Crippen LogP contribution in [0, 0.1) is 11.3 Å². The fraction of sp³-hybridized carbons (Fsp3) is 0.227. The van der Waals surface area contributed by atoms with Crippen molar-refractivity contribution >= 4 is 23.4 Å². The van der Waals surface area contributed by atoms with Crippen molar-refractivity contribution in [2.45, 2.75) is 30.6 Å². The average molecular weight is 392 g/mol. The number of hydrogen-bond donors (Lipinski definition) is 0. The summed E-state index contributed by atoms with van der Waals surface area (Å²) < 4.78 is 0. The number of aryl methyl sites for hydroxylation is 1. The standard InChI is InChI=1S/C22H18ClN3S/c23-18-4-1-3-17(14-18)22-25-19-5-2-12-27-21(19)20(26-22)13-16-8-6-15(7-9-16)10-11-24/h1,3-4,6-9,14H,2,5,10,12-13H2. The quantitative estimate of drug-likeness (QED) is 0.589. The van der Waals surface area contributed by atoms with Crippen LogP contribution in [0.15, 0.2) is 53.4 Å². The van der Waals surface area contributed by atoms with Crippen LogP contribution in [0.2, 0.25) is 5.02 Å². The van der Waals surface area contributed by atoms with E-state index in [1.807, 2.05) is 48.2 Å². The van der Waals surface area contributed by atoms with E-state index < -0.39 is 0 Å². The number of thioether (sulfide) groups is 1. The van der Waals surface area contributed by atoms with Gasteiger partial charge in [-0.15, -0.1) is 11.8 Å².